The maximum Gasteiger partial charge on any atom is 0.272 e. The maximum atomic E-state index is 13.8. The van der Waals surface area contributed by atoms with E-state index in [1.807, 2.05) is 60.9 Å². The fourth-order valence-electron chi connectivity index (χ4n) is 5.90. The third kappa shape index (κ3) is 3.55. The van der Waals surface area contributed by atoms with E-state index in [0.29, 0.717) is 24.5 Å². The number of aromatic nitrogens is 2. The van der Waals surface area contributed by atoms with Gasteiger partial charge in [0.2, 0.25) is 5.91 Å². The quantitative estimate of drug-likeness (QED) is 0.519. The minimum atomic E-state index is -0.691. The number of benzene rings is 1. The summed E-state index contributed by atoms with van der Waals surface area (Å²) in [6, 6.07) is 12.5. The molecule has 6 rings (SSSR count). The van der Waals surface area contributed by atoms with Crippen molar-refractivity contribution in [2.45, 2.75) is 45.3 Å². The van der Waals surface area contributed by atoms with Crippen molar-refractivity contribution in [3.05, 3.63) is 64.5 Å². The molecule has 3 aromatic rings. The molecule has 3 unspecified atom stereocenters. The number of para-hydroxylation sites is 1. The molecule has 2 aliphatic heterocycles. The van der Waals surface area contributed by atoms with Gasteiger partial charge in [0, 0.05) is 46.1 Å². The Balaban J connectivity index is 1.19. The van der Waals surface area contributed by atoms with Crippen molar-refractivity contribution >= 4 is 44.6 Å². The Kier molecular flexibility index (Phi) is 5.09. The molecule has 1 aromatic carbocycles. The summed E-state index contributed by atoms with van der Waals surface area (Å²) in [4.78, 5) is 51.2. The number of halogens is 1. The molecule has 3 fully saturated rings. The Hall–Kier alpha value is -3.20. The molecule has 0 bridgehead atoms. The number of H-pyrrole nitrogens is 1. The summed E-state index contributed by atoms with van der Waals surface area (Å²) in [5.41, 5.74) is 1.22. The fourth-order valence-corrected chi connectivity index (χ4v) is 6.13. The van der Waals surface area contributed by atoms with Gasteiger partial charge in [0.15, 0.2) is 0 Å². The molecular formula is C27H28BrN5O3. The summed E-state index contributed by atoms with van der Waals surface area (Å²) in [5.74, 6) is -0.486. The first-order valence-electron chi connectivity index (χ1n) is 12.2. The van der Waals surface area contributed by atoms with E-state index in [-0.39, 0.29) is 35.2 Å². The van der Waals surface area contributed by atoms with Gasteiger partial charge in [-0.05, 0) is 52.0 Å². The second-order valence-corrected chi connectivity index (χ2v) is 12.2. The minimum Gasteiger partial charge on any atom is -0.351 e. The van der Waals surface area contributed by atoms with Crippen LogP contribution in [0, 0.1) is 10.8 Å². The van der Waals surface area contributed by atoms with Gasteiger partial charge in [-0.2, -0.15) is 0 Å². The smallest absolute Gasteiger partial charge is 0.272 e. The number of carbonyl (C=O) groups is 3. The number of piperidine rings is 1. The standard InChI is InChI=1S/C27H28BrN5O3/c1-26(2,3)22(31-23(34)19-10-15-6-4-5-7-17(15)30-19)25(36)32-13-21-27(11-20(27)32)14-33(21)24(35)18-9-8-16(28)12-29-18/h4-10,12,20-22,30H,11,13-14H2,1-3H3,(H,31,34)/t20?,21?,22-,27?/m1/s1. The van der Waals surface area contributed by atoms with Crippen molar-refractivity contribution in [3.8, 4) is 0 Å². The molecular weight excluding hydrogens is 522 g/mol. The van der Waals surface area contributed by atoms with Crippen LogP contribution in [0.2, 0.25) is 0 Å². The van der Waals surface area contributed by atoms with Crippen LogP contribution < -0.4 is 5.32 Å². The first kappa shape index (κ1) is 23.2. The molecule has 9 heteroatoms. The first-order chi connectivity index (χ1) is 17.1. The molecule has 8 nitrogen and oxygen atoms in total. The predicted molar refractivity (Wildman–Crippen MR) is 138 cm³/mol. The fraction of sp³-hybridized carbons (Fsp3) is 0.407. The second-order valence-electron chi connectivity index (χ2n) is 11.3. The lowest BCUT2D eigenvalue weighted by Gasteiger charge is -2.46. The number of likely N-dealkylation sites (tertiary alicyclic amines) is 2. The van der Waals surface area contributed by atoms with E-state index < -0.39 is 11.5 Å². The molecule has 1 aliphatic carbocycles. The van der Waals surface area contributed by atoms with Gasteiger partial charge in [-0.1, -0.05) is 39.0 Å². The van der Waals surface area contributed by atoms with Crippen LogP contribution in [0.4, 0.5) is 0 Å². The van der Waals surface area contributed by atoms with Crippen LogP contribution in [0.25, 0.3) is 10.9 Å². The summed E-state index contributed by atoms with van der Waals surface area (Å²) in [6.07, 6.45) is 2.52. The third-order valence-electron chi connectivity index (χ3n) is 7.98. The number of amides is 3. The summed E-state index contributed by atoms with van der Waals surface area (Å²) in [7, 11) is 0. The monoisotopic (exact) mass is 549 g/mol. The molecule has 1 spiro atoms. The number of aromatic amines is 1. The summed E-state index contributed by atoms with van der Waals surface area (Å²) in [6.45, 7) is 7.02. The van der Waals surface area contributed by atoms with Gasteiger partial charge in [-0.15, -0.1) is 0 Å². The molecule has 186 valence electrons. The molecule has 0 radical (unpaired) electrons. The zero-order valence-corrected chi connectivity index (χ0v) is 22.0. The summed E-state index contributed by atoms with van der Waals surface area (Å²) < 4.78 is 0.821. The van der Waals surface area contributed by atoms with E-state index >= 15 is 0 Å². The normalized spacial score (nSPS) is 25.1. The second kappa shape index (κ2) is 7.90. The van der Waals surface area contributed by atoms with Crippen LogP contribution >= 0.6 is 15.9 Å². The maximum absolute atomic E-state index is 13.8. The minimum absolute atomic E-state index is 0.00516. The Labute approximate surface area is 217 Å². The first-order valence-corrected chi connectivity index (χ1v) is 13.0. The zero-order chi connectivity index (χ0) is 25.4. The van der Waals surface area contributed by atoms with Crippen LogP contribution in [-0.4, -0.2) is 68.7 Å². The van der Waals surface area contributed by atoms with E-state index in [0.717, 1.165) is 21.8 Å². The van der Waals surface area contributed by atoms with Crippen molar-refractivity contribution in [3.63, 3.8) is 0 Å². The van der Waals surface area contributed by atoms with Crippen LogP contribution in [0.5, 0.6) is 0 Å². The van der Waals surface area contributed by atoms with Gasteiger partial charge in [-0.25, -0.2) is 4.98 Å². The number of rotatable bonds is 4. The molecule has 36 heavy (non-hydrogen) atoms. The average Bonchev–Trinajstić information content (AvgIpc) is 3.34. The number of pyridine rings is 1. The van der Waals surface area contributed by atoms with Crippen molar-refractivity contribution in [2.75, 3.05) is 13.1 Å². The molecule has 4 atom stereocenters. The molecule has 2 aromatic heterocycles. The molecule has 3 aliphatic rings. The topological polar surface area (TPSA) is 98.4 Å². The molecule has 3 amide bonds. The van der Waals surface area contributed by atoms with Crippen LogP contribution in [0.15, 0.2) is 53.1 Å². The highest BCUT2D eigenvalue weighted by Gasteiger charge is 2.76. The highest BCUT2D eigenvalue weighted by atomic mass is 79.9. The summed E-state index contributed by atoms with van der Waals surface area (Å²) >= 11 is 3.35. The highest BCUT2D eigenvalue weighted by Crippen LogP contribution is 2.65. The number of fused-ring (bicyclic) bond motifs is 1. The average molecular weight is 550 g/mol. The number of carbonyl (C=O) groups excluding carboxylic acids is 3. The van der Waals surface area contributed by atoms with Crippen LogP contribution in [-0.2, 0) is 4.79 Å². The van der Waals surface area contributed by atoms with Gasteiger partial charge in [-0.3, -0.25) is 14.4 Å². The SMILES string of the molecule is CC(C)(C)[C@H](NC(=O)c1cc2ccccc2[nH]1)C(=O)N1CC2N(C(=O)c3ccc(Br)cn3)CC23CC13. The van der Waals surface area contributed by atoms with Crippen molar-refractivity contribution < 1.29 is 14.4 Å². The Morgan fingerprint density at radius 1 is 1.14 bits per heavy atom. The largest absolute Gasteiger partial charge is 0.351 e. The van der Waals surface area contributed by atoms with Gasteiger partial charge in [0.1, 0.15) is 17.4 Å². The van der Waals surface area contributed by atoms with E-state index in [9.17, 15) is 14.4 Å². The number of hydrogen-bond donors (Lipinski definition) is 2. The highest BCUT2D eigenvalue weighted by molar-refractivity contribution is 9.10. The predicted octanol–water partition coefficient (Wildman–Crippen LogP) is 3.60. The lowest BCUT2D eigenvalue weighted by molar-refractivity contribution is -0.135. The van der Waals surface area contributed by atoms with Crippen LogP contribution in [0.3, 0.4) is 0 Å². The molecule has 4 heterocycles. The van der Waals surface area contributed by atoms with E-state index in [2.05, 4.69) is 31.2 Å². The zero-order valence-electron chi connectivity index (χ0n) is 20.4. The Bertz CT molecular complexity index is 1360. The van der Waals surface area contributed by atoms with Crippen LogP contribution in [0.1, 0.15) is 48.2 Å². The number of nitrogens with zero attached hydrogens (tertiary/aromatic N) is 3. The summed E-state index contributed by atoms with van der Waals surface area (Å²) in [5, 5.41) is 3.95. The molecule has 1 saturated carbocycles. The molecule has 2 N–H and O–H groups in total. The van der Waals surface area contributed by atoms with Gasteiger partial charge in [0.25, 0.3) is 11.8 Å². The Morgan fingerprint density at radius 3 is 2.61 bits per heavy atom. The van der Waals surface area contributed by atoms with Gasteiger partial charge >= 0.3 is 0 Å². The van der Waals surface area contributed by atoms with E-state index in [1.165, 1.54) is 0 Å². The number of hydrogen-bond acceptors (Lipinski definition) is 4. The lowest BCUT2D eigenvalue weighted by Crippen LogP contribution is -2.61. The van der Waals surface area contributed by atoms with E-state index in [4.69, 9.17) is 0 Å². The third-order valence-corrected chi connectivity index (χ3v) is 8.45. The number of nitrogens with one attached hydrogen (secondary N) is 2. The Morgan fingerprint density at radius 2 is 1.92 bits per heavy atom. The molecule has 2 saturated heterocycles. The van der Waals surface area contributed by atoms with Gasteiger partial charge in [0.05, 0.1) is 6.04 Å². The van der Waals surface area contributed by atoms with Gasteiger partial charge < -0.3 is 20.1 Å². The van der Waals surface area contributed by atoms with Crippen molar-refractivity contribution in [2.24, 2.45) is 10.8 Å². The van der Waals surface area contributed by atoms with Crippen molar-refractivity contribution in [1.82, 2.24) is 25.1 Å². The lowest BCUT2D eigenvalue weighted by atomic mass is 9.85. The van der Waals surface area contributed by atoms with E-state index in [1.54, 1.807) is 18.3 Å². The van der Waals surface area contributed by atoms with Crippen molar-refractivity contribution in [1.29, 1.82) is 0 Å².